The Morgan fingerprint density at radius 2 is 1.67 bits per heavy atom. The van der Waals surface area contributed by atoms with E-state index >= 15 is 0 Å². The first kappa shape index (κ1) is 27.7. The number of carbonyl (C=O) groups excluding carboxylic acids is 1. The van der Waals surface area contributed by atoms with E-state index in [1.807, 2.05) is 31.2 Å². The number of amides is 1. The van der Waals surface area contributed by atoms with Gasteiger partial charge in [0.2, 0.25) is 5.88 Å². The minimum atomic E-state index is -0.526. The minimum absolute atomic E-state index is 0.0178. The molecule has 0 radical (unpaired) electrons. The normalized spacial score (nSPS) is 14.4. The first-order valence-corrected chi connectivity index (χ1v) is 14.3. The van der Waals surface area contributed by atoms with Crippen LogP contribution in [0.5, 0.6) is 11.6 Å². The van der Waals surface area contributed by atoms with Crippen molar-refractivity contribution in [3.8, 4) is 17.3 Å². The molecule has 0 spiro atoms. The minimum Gasteiger partial charge on any atom is -0.438 e. The molecule has 1 saturated heterocycles. The third-order valence-corrected chi connectivity index (χ3v) is 8.45. The van der Waals surface area contributed by atoms with Crippen LogP contribution in [0.4, 0.5) is 5.69 Å². The number of thioether (sulfide) groups is 1. The monoisotopic (exact) mass is 615 g/mol. The molecule has 42 heavy (non-hydrogen) atoms. The second kappa shape index (κ2) is 10.8. The number of aryl methyl sites for hydroxylation is 1. The lowest BCUT2D eigenvalue weighted by atomic mass is 10.2. The Balaban J connectivity index is 1.47. The van der Waals surface area contributed by atoms with Crippen LogP contribution in [-0.2, 0) is 11.8 Å². The van der Waals surface area contributed by atoms with Crippen LogP contribution in [0.25, 0.3) is 17.4 Å². The molecule has 3 aromatic heterocycles. The van der Waals surface area contributed by atoms with E-state index in [9.17, 15) is 14.4 Å². The van der Waals surface area contributed by atoms with Gasteiger partial charge in [0.1, 0.15) is 22.6 Å². The molecule has 0 N–H and O–H groups in total. The second-order valence-corrected chi connectivity index (χ2v) is 11.6. The first-order chi connectivity index (χ1) is 20.2. The molecule has 1 aliphatic rings. The van der Waals surface area contributed by atoms with Gasteiger partial charge in [-0.25, -0.2) is 4.68 Å². The zero-order valence-corrected chi connectivity index (χ0v) is 25.0. The molecule has 0 unspecified atom stereocenters. The number of pyridine rings is 1. The smallest absolute Gasteiger partial charge is 0.296 e. The van der Waals surface area contributed by atoms with Crippen molar-refractivity contribution in [2.45, 2.75) is 13.8 Å². The first-order valence-electron chi connectivity index (χ1n) is 12.7. The lowest BCUT2D eigenvalue weighted by Gasteiger charge is -2.13. The van der Waals surface area contributed by atoms with Crippen molar-refractivity contribution in [3.05, 3.63) is 120 Å². The quantitative estimate of drug-likeness (QED) is 0.186. The van der Waals surface area contributed by atoms with E-state index in [1.54, 1.807) is 67.3 Å². The summed E-state index contributed by atoms with van der Waals surface area (Å²) in [4.78, 5) is 47.2. The molecule has 9 nitrogen and oxygen atoms in total. The van der Waals surface area contributed by atoms with E-state index in [-0.39, 0.29) is 26.4 Å². The fourth-order valence-corrected chi connectivity index (χ4v) is 6.09. The van der Waals surface area contributed by atoms with Crippen LogP contribution < -0.4 is 20.8 Å². The van der Waals surface area contributed by atoms with Gasteiger partial charge in [-0.05, 0) is 68.0 Å². The van der Waals surface area contributed by atoms with Gasteiger partial charge in [0.05, 0.1) is 16.3 Å². The number of halogens is 1. The van der Waals surface area contributed by atoms with Crippen molar-refractivity contribution >= 4 is 63.2 Å². The molecule has 1 fully saturated rings. The predicted molar refractivity (Wildman–Crippen MR) is 169 cm³/mol. The predicted octanol–water partition coefficient (Wildman–Crippen LogP) is 5.65. The maximum atomic E-state index is 13.8. The number of hydrogen-bond donors (Lipinski definition) is 0. The van der Waals surface area contributed by atoms with Gasteiger partial charge in [-0.3, -0.25) is 28.4 Å². The molecule has 5 aromatic rings. The number of hydrogen-bond acceptors (Lipinski definition) is 7. The number of para-hydroxylation sites is 1. The number of aromatic nitrogens is 4. The van der Waals surface area contributed by atoms with Crippen LogP contribution in [0.3, 0.4) is 0 Å². The summed E-state index contributed by atoms with van der Waals surface area (Å²) in [7, 11) is 1.74. The third-order valence-electron chi connectivity index (χ3n) is 6.89. The maximum Gasteiger partial charge on any atom is 0.296 e. The number of nitrogens with zero attached hydrogens (tertiary/aromatic N) is 5. The van der Waals surface area contributed by atoms with Crippen LogP contribution in [0.1, 0.15) is 16.8 Å². The number of ether oxygens (including phenoxy) is 1. The van der Waals surface area contributed by atoms with Gasteiger partial charge in [0.15, 0.2) is 4.32 Å². The van der Waals surface area contributed by atoms with Gasteiger partial charge >= 0.3 is 0 Å². The molecule has 0 bridgehead atoms. The highest BCUT2D eigenvalue weighted by Gasteiger charge is 2.38. The number of carbonyl (C=O) groups is 1. The molecule has 12 heteroatoms. The van der Waals surface area contributed by atoms with Crippen LogP contribution in [0.15, 0.2) is 87.4 Å². The summed E-state index contributed by atoms with van der Waals surface area (Å²) in [6.07, 6.45) is 3.02. The standard InChI is InChI=1S/C30H22ClN5O4S2/c1-17-8-7-15-34-25(17)32-26(40-21-13-11-19(31)12-14-21)22(27(34)37)16-23-28(38)35(30(41)42-23)24-18(2)33(3)36(29(24)39)20-9-5-4-6-10-20/h4-16H,1-3H3/b23-16-. The molecule has 1 amide bonds. The summed E-state index contributed by atoms with van der Waals surface area (Å²) in [6, 6.07) is 19.3. The number of fused-ring (bicyclic) bond motifs is 1. The fourth-order valence-electron chi connectivity index (χ4n) is 4.71. The zero-order chi connectivity index (χ0) is 29.7. The van der Waals surface area contributed by atoms with Gasteiger partial charge in [0.25, 0.3) is 17.0 Å². The molecule has 6 rings (SSSR count). The summed E-state index contributed by atoms with van der Waals surface area (Å²) >= 11 is 12.6. The maximum absolute atomic E-state index is 13.8. The van der Waals surface area contributed by atoms with E-state index in [4.69, 9.17) is 28.6 Å². The molecular formula is C30H22ClN5O4S2. The van der Waals surface area contributed by atoms with Gasteiger partial charge in [0, 0.05) is 18.3 Å². The zero-order valence-electron chi connectivity index (χ0n) is 22.6. The lowest BCUT2D eigenvalue weighted by molar-refractivity contribution is -0.113. The van der Waals surface area contributed by atoms with Crippen molar-refractivity contribution < 1.29 is 9.53 Å². The lowest BCUT2D eigenvalue weighted by Crippen LogP contribution is -2.33. The molecule has 2 aromatic carbocycles. The van der Waals surface area contributed by atoms with Crippen molar-refractivity contribution in [2.24, 2.45) is 7.05 Å². The molecule has 4 heterocycles. The molecule has 0 atom stereocenters. The van der Waals surface area contributed by atoms with Crippen molar-refractivity contribution in [1.82, 2.24) is 18.7 Å². The number of anilines is 1. The number of thiocarbonyl (C=S) groups is 1. The highest BCUT2D eigenvalue weighted by Crippen LogP contribution is 2.37. The number of rotatable bonds is 5. The van der Waals surface area contributed by atoms with E-state index in [0.717, 1.165) is 17.3 Å². The van der Waals surface area contributed by atoms with Gasteiger partial charge in [-0.15, -0.1) is 0 Å². The Hall–Kier alpha value is -4.45. The van der Waals surface area contributed by atoms with Crippen LogP contribution in [-0.4, -0.2) is 29.0 Å². The highest BCUT2D eigenvalue weighted by atomic mass is 35.5. The second-order valence-electron chi connectivity index (χ2n) is 9.50. The Bertz CT molecular complexity index is 2060. The number of benzene rings is 2. The Labute approximate surface area is 254 Å². The Kier molecular flexibility index (Phi) is 7.09. The highest BCUT2D eigenvalue weighted by molar-refractivity contribution is 8.27. The molecule has 0 aliphatic carbocycles. The summed E-state index contributed by atoms with van der Waals surface area (Å²) in [5.41, 5.74) is 1.76. The summed E-state index contributed by atoms with van der Waals surface area (Å²) in [5, 5.41) is 0.524. The largest absolute Gasteiger partial charge is 0.438 e. The Morgan fingerprint density at radius 1 is 0.952 bits per heavy atom. The summed E-state index contributed by atoms with van der Waals surface area (Å²) in [6.45, 7) is 3.58. The third kappa shape index (κ3) is 4.65. The van der Waals surface area contributed by atoms with E-state index in [0.29, 0.717) is 27.8 Å². The summed E-state index contributed by atoms with van der Waals surface area (Å²) in [5.74, 6) is -0.0979. The van der Waals surface area contributed by atoms with Crippen molar-refractivity contribution in [1.29, 1.82) is 0 Å². The van der Waals surface area contributed by atoms with E-state index < -0.39 is 17.0 Å². The van der Waals surface area contributed by atoms with Crippen molar-refractivity contribution in [3.63, 3.8) is 0 Å². The van der Waals surface area contributed by atoms with Gasteiger partial charge < -0.3 is 4.74 Å². The molecule has 210 valence electrons. The molecule has 1 aliphatic heterocycles. The van der Waals surface area contributed by atoms with E-state index in [1.165, 1.54) is 20.1 Å². The van der Waals surface area contributed by atoms with Crippen molar-refractivity contribution in [2.75, 3.05) is 4.90 Å². The van der Waals surface area contributed by atoms with Gasteiger partial charge in [-0.2, -0.15) is 4.98 Å². The van der Waals surface area contributed by atoms with Crippen LogP contribution in [0, 0.1) is 13.8 Å². The fraction of sp³-hybridized carbons (Fsp3) is 0.100. The van der Waals surface area contributed by atoms with E-state index in [2.05, 4.69) is 4.98 Å². The topological polar surface area (TPSA) is 90.8 Å². The van der Waals surface area contributed by atoms with Gasteiger partial charge in [-0.1, -0.05) is 59.8 Å². The SMILES string of the molecule is Cc1cccn2c(=O)c(/C=C3\SC(=S)N(c4c(C)n(C)n(-c5ccccc5)c4=O)C3=O)c(Oc3ccc(Cl)cc3)nc12. The molecule has 0 saturated carbocycles. The average molecular weight is 616 g/mol. The summed E-state index contributed by atoms with van der Waals surface area (Å²) < 4.78 is 10.8. The van der Waals surface area contributed by atoms with Crippen LogP contribution >= 0.6 is 35.6 Å². The van der Waals surface area contributed by atoms with Crippen LogP contribution in [0.2, 0.25) is 5.02 Å². The average Bonchev–Trinajstić information content (AvgIpc) is 3.37. The molecular weight excluding hydrogens is 594 g/mol. The Morgan fingerprint density at radius 3 is 2.38 bits per heavy atom.